The molecular weight excluding hydrogens is 233 g/mol. The molecule has 1 atom stereocenters. The second-order valence-electron chi connectivity index (χ2n) is 4.97. The van der Waals surface area contributed by atoms with E-state index in [1.54, 1.807) is 19.1 Å². The molecule has 0 unspecified atom stereocenters. The lowest BCUT2D eigenvalue weighted by Gasteiger charge is -2.34. The van der Waals surface area contributed by atoms with Crippen molar-refractivity contribution in [3.05, 3.63) is 29.6 Å². The Hall–Kier alpha value is -1.13. The summed E-state index contributed by atoms with van der Waals surface area (Å²) in [4.78, 5) is 1.98. The summed E-state index contributed by atoms with van der Waals surface area (Å²) in [5.74, 6) is 0.0406. The molecule has 1 heterocycles. The molecule has 0 saturated carbocycles. The molecule has 1 aliphatic heterocycles. The molecule has 100 valence electrons. The highest BCUT2D eigenvalue weighted by Crippen LogP contribution is 2.32. The first-order valence-corrected chi connectivity index (χ1v) is 6.45. The van der Waals surface area contributed by atoms with E-state index in [9.17, 15) is 9.50 Å². The van der Waals surface area contributed by atoms with Crippen LogP contribution in [-0.2, 0) is 0 Å². The number of rotatable bonds is 3. The lowest BCUT2D eigenvalue weighted by atomic mass is 9.96. The van der Waals surface area contributed by atoms with Crippen molar-refractivity contribution in [3.63, 3.8) is 0 Å². The largest absolute Gasteiger partial charge is 0.396 e. The van der Waals surface area contributed by atoms with E-state index in [1.807, 2.05) is 4.90 Å². The lowest BCUT2D eigenvalue weighted by Crippen LogP contribution is -2.36. The monoisotopic (exact) mass is 253 g/mol. The molecule has 2 rings (SSSR count). The average molecular weight is 253 g/mol. The van der Waals surface area contributed by atoms with Gasteiger partial charge in [-0.05, 0) is 31.7 Å². The van der Waals surface area contributed by atoms with Gasteiger partial charge in [-0.15, -0.1) is 0 Å². The van der Waals surface area contributed by atoms with Crippen molar-refractivity contribution in [1.29, 1.82) is 0 Å². The summed E-state index contributed by atoms with van der Waals surface area (Å²) >= 11 is 0. The molecule has 0 bridgehead atoms. The first-order valence-electron chi connectivity index (χ1n) is 6.45. The van der Waals surface area contributed by atoms with Crippen LogP contribution in [0.3, 0.4) is 0 Å². The molecule has 3 nitrogen and oxygen atoms in total. The molecule has 18 heavy (non-hydrogen) atoms. The smallest absolute Gasteiger partial charge is 0.146 e. The van der Waals surface area contributed by atoms with Gasteiger partial charge in [0.1, 0.15) is 5.82 Å². The van der Waals surface area contributed by atoms with E-state index in [0.29, 0.717) is 17.2 Å². The zero-order valence-corrected chi connectivity index (χ0v) is 10.6. The van der Waals surface area contributed by atoms with Gasteiger partial charge in [0.2, 0.25) is 0 Å². The summed E-state index contributed by atoms with van der Waals surface area (Å²) in [6, 6.07) is 4.82. The van der Waals surface area contributed by atoms with Crippen LogP contribution in [-0.4, -0.2) is 29.9 Å². The first kappa shape index (κ1) is 13.3. The first-order chi connectivity index (χ1) is 8.63. The van der Waals surface area contributed by atoms with Crippen molar-refractivity contribution in [3.8, 4) is 0 Å². The van der Waals surface area contributed by atoms with E-state index in [-0.39, 0.29) is 12.4 Å². The summed E-state index contributed by atoms with van der Waals surface area (Å²) in [6.07, 6.45) is 1.06. The molecule has 0 aromatic heterocycles. The maximum absolute atomic E-state index is 14.0. The van der Waals surface area contributed by atoms with Crippen LogP contribution in [0.1, 0.15) is 31.4 Å². The van der Waals surface area contributed by atoms with E-state index < -0.39 is 6.10 Å². The summed E-state index contributed by atoms with van der Waals surface area (Å²) in [5.41, 5.74) is 1.15. The van der Waals surface area contributed by atoms with Gasteiger partial charge in [0.15, 0.2) is 0 Å². The highest BCUT2D eigenvalue weighted by Gasteiger charge is 2.23. The molecule has 0 aliphatic carbocycles. The number of hydrogen-bond donors (Lipinski definition) is 2. The van der Waals surface area contributed by atoms with Crippen molar-refractivity contribution in [1.82, 2.24) is 0 Å². The minimum absolute atomic E-state index is 0.203. The number of para-hydroxylation sites is 1. The van der Waals surface area contributed by atoms with Gasteiger partial charge in [0, 0.05) is 25.3 Å². The van der Waals surface area contributed by atoms with Crippen molar-refractivity contribution in [2.24, 2.45) is 5.92 Å². The van der Waals surface area contributed by atoms with Gasteiger partial charge in [0.05, 0.1) is 11.8 Å². The normalized spacial score (nSPS) is 19.0. The van der Waals surface area contributed by atoms with Gasteiger partial charge < -0.3 is 15.1 Å². The Kier molecular flexibility index (Phi) is 4.19. The van der Waals surface area contributed by atoms with Crippen LogP contribution in [0.2, 0.25) is 0 Å². The predicted molar refractivity (Wildman–Crippen MR) is 69.1 cm³/mol. The minimum atomic E-state index is -0.675. The fourth-order valence-electron chi connectivity index (χ4n) is 2.54. The Labute approximate surface area is 107 Å². The highest BCUT2D eigenvalue weighted by molar-refractivity contribution is 5.56. The van der Waals surface area contributed by atoms with Crippen molar-refractivity contribution in [2.45, 2.75) is 25.9 Å². The summed E-state index contributed by atoms with van der Waals surface area (Å²) < 4.78 is 14.0. The Bertz CT molecular complexity index is 401. The van der Waals surface area contributed by atoms with E-state index in [2.05, 4.69) is 0 Å². The van der Waals surface area contributed by atoms with Crippen LogP contribution >= 0.6 is 0 Å². The quantitative estimate of drug-likeness (QED) is 0.867. The maximum Gasteiger partial charge on any atom is 0.146 e. The van der Waals surface area contributed by atoms with E-state index in [1.165, 1.54) is 6.07 Å². The number of nitrogens with zero attached hydrogens (tertiary/aromatic N) is 1. The molecule has 0 amide bonds. The lowest BCUT2D eigenvalue weighted by molar-refractivity contribution is 0.195. The number of halogens is 1. The number of anilines is 1. The van der Waals surface area contributed by atoms with Crippen LogP contribution < -0.4 is 4.90 Å². The molecule has 1 aliphatic rings. The Morgan fingerprint density at radius 3 is 2.61 bits per heavy atom. The van der Waals surface area contributed by atoms with E-state index in [4.69, 9.17) is 5.11 Å². The number of benzene rings is 1. The van der Waals surface area contributed by atoms with Gasteiger partial charge in [-0.3, -0.25) is 0 Å². The second kappa shape index (κ2) is 5.67. The Morgan fingerprint density at radius 1 is 1.39 bits per heavy atom. The van der Waals surface area contributed by atoms with Crippen LogP contribution in [0.15, 0.2) is 18.2 Å². The van der Waals surface area contributed by atoms with Crippen molar-refractivity contribution >= 4 is 5.69 Å². The molecule has 1 saturated heterocycles. The standard InChI is InChI=1S/C14H20FNO2/c1-10(18)12-3-2-4-13(15)14(12)16-7-5-11(9-17)6-8-16/h2-4,10-11,17-18H,5-9H2,1H3/t10-/m0/s1. The SMILES string of the molecule is C[C@H](O)c1cccc(F)c1N1CCC(CO)CC1. The van der Waals surface area contributed by atoms with Gasteiger partial charge in [0.25, 0.3) is 0 Å². The van der Waals surface area contributed by atoms with Gasteiger partial charge >= 0.3 is 0 Å². The molecule has 4 heteroatoms. The van der Waals surface area contributed by atoms with E-state index >= 15 is 0 Å². The van der Waals surface area contributed by atoms with Crippen LogP contribution in [0.4, 0.5) is 10.1 Å². The summed E-state index contributed by atoms with van der Waals surface area (Å²) in [7, 11) is 0. The van der Waals surface area contributed by atoms with Gasteiger partial charge in [-0.1, -0.05) is 12.1 Å². The van der Waals surface area contributed by atoms with Crippen molar-refractivity contribution in [2.75, 3.05) is 24.6 Å². The average Bonchev–Trinajstić information content (AvgIpc) is 2.38. The molecular formula is C14H20FNO2. The third-order valence-corrected chi connectivity index (χ3v) is 3.66. The topological polar surface area (TPSA) is 43.7 Å². The summed E-state index contributed by atoms with van der Waals surface area (Å²) in [5, 5.41) is 18.8. The third kappa shape index (κ3) is 2.65. The highest BCUT2D eigenvalue weighted by atomic mass is 19.1. The van der Waals surface area contributed by atoms with Gasteiger partial charge in [-0.25, -0.2) is 4.39 Å². The predicted octanol–water partition coefficient (Wildman–Crippen LogP) is 2.09. The summed E-state index contributed by atoms with van der Waals surface area (Å²) in [6.45, 7) is 3.31. The fraction of sp³-hybridized carbons (Fsp3) is 0.571. The van der Waals surface area contributed by atoms with Crippen LogP contribution in [0, 0.1) is 11.7 Å². The molecule has 2 N–H and O–H groups in total. The number of aliphatic hydroxyl groups excluding tert-OH is 2. The van der Waals surface area contributed by atoms with Crippen molar-refractivity contribution < 1.29 is 14.6 Å². The second-order valence-corrected chi connectivity index (χ2v) is 4.97. The number of hydrogen-bond acceptors (Lipinski definition) is 3. The molecule has 1 aromatic rings. The molecule has 1 aromatic carbocycles. The minimum Gasteiger partial charge on any atom is -0.396 e. The Morgan fingerprint density at radius 2 is 2.06 bits per heavy atom. The molecule has 0 spiro atoms. The Balaban J connectivity index is 2.23. The third-order valence-electron chi connectivity index (χ3n) is 3.66. The molecule has 0 radical (unpaired) electrons. The zero-order valence-electron chi connectivity index (χ0n) is 10.6. The fourth-order valence-corrected chi connectivity index (χ4v) is 2.54. The number of piperidine rings is 1. The number of aliphatic hydroxyl groups is 2. The van der Waals surface area contributed by atoms with Crippen LogP contribution in [0.25, 0.3) is 0 Å². The molecule has 1 fully saturated rings. The van der Waals surface area contributed by atoms with Crippen LogP contribution in [0.5, 0.6) is 0 Å². The zero-order chi connectivity index (χ0) is 13.1. The van der Waals surface area contributed by atoms with E-state index in [0.717, 1.165) is 25.9 Å². The maximum atomic E-state index is 14.0. The van der Waals surface area contributed by atoms with Gasteiger partial charge in [-0.2, -0.15) is 0 Å².